The molecule has 1 aromatic heterocycles. The van der Waals surface area contributed by atoms with Crippen molar-refractivity contribution >= 4 is 33.1 Å². The van der Waals surface area contributed by atoms with Crippen molar-refractivity contribution in [2.45, 2.75) is 64.5 Å². The first-order valence-electron chi connectivity index (χ1n) is 15.2. The number of hydrogen-bond donors (Lipinski definition) is 0. The van der Waals surface area contributed by atoms with E-state index < -0.39 is 39.4 Å². The molecule has 0 bridgehead atoms. The molecule has 0 N–H and O–H groups in total. The van der Waals surface area contributed by atoms with Crippen LogP contribution in [-0.4, -0.2) is 50.1 Å². The topological polar surface area (TPSA) is 75.6 Å². The van der Waals surface area contributed by atoms with Crippen LogP contribution in [0.25, 0.3) is 0 Å². The normalized spacial score (nSPS) is 15.1. The monoisotopic (exact) mass is 706 g/mol. The van der Waals surface area contributed by atoms with Crippen molar-refractivity contribution in [2.75, 3.05) is 41.5 Å². The molecule has 47 heavy (non-hydrogen) atoms. The van der Waals surface area contributed by atoms with E-state index >= 15 is 0 Å². The smallest absolute Gasteiger partial charge is 0.416 e. The van der Waals surface area contributed by atoms with Crippen LogP contribution in [0, 0.1) is 5.92 Å². The maximum absolute atomic E-state index is 13.8. The quantitative estimate of drug-likeness (QED) is 0.165. The Kier molecular flexibility index (Phi) is 11.6. The van der Waals surface area contributed by atoms with Crippen molar-refractivity contribution in [1.29, 1.82) is 0 Å². The molecule has 0 aliphatic heterocycles. The van der Waals surface area contributed by atoms with Gasteiger partial charge in [0, 0.05) is 36.6 Å². The average molecular weight is 707 g/mol. The van der Waals surface area contributed by atoms with Gasteiger partial charge in [-0.05, 0) is 74.1 Å². The van der Waals surface area contributed by atoms with Crippen molar-refractivity contribution < 1.29 is 39.5 Å². The van der Waals surface area contributed by atoms with Gasteiger partial charge in [0.15, 0.2) is 15.6 Å². The second kappa shape index (κ2) is 14.9. The predicted molar refractivity (Wildman–Crippen MR) is 170 cm³/mol. The van der Waals surface area contributed by atoms with Crippen molar-refractivity contribution in [1.82, 2.24) is 9.97 Å². The Morgan fingerprint density at radius 2 is 1.57 bits per heavy atom. The van der Waals surface area contributed by atoms with E-state index in [1.807, 2.05) is 13.0 Å². The molecule has 258 valence electrons. The minimum absolute atomic E-state index is 0.0127. The highest BCUT2D eigenvalue weighted by Gasteiger charge is 2.38. The molecule has 3 aromatic rings. The van der Waals surface area contributed by atoms with Crippen LogP contribution in [0.1, 0.15) is 67.8 Å². The third kappa shape index (κ3) is 10.1. The fourth-order valence-corrected chi connectivity index (χ4v) is 6.23. The summed E-state index contributed by atoms with van der Waals surface area (Å²) >= 11 is 6.42. The maximum Gasteiger partial charge on any atom is 0.416 e. The lowest BCUT2D eigenvalue weighted by Crippen LogP contribution is -2.32. The van der Waals surface area contributed by atoms with E-state index in [2.05, 4.69) is 14.9 Å². The molecule has 7 nitrogen and oxygen atoms in total. The van der Waals surface area contributed by atoms with E-state index in [4.69, 9.17) is 16.3 Å². The lowest BCUT2D eigenvalue weighted by atomic mass is 9.98. The predicted octanol–water partition coefficient (Wildman–Crippen LogP) is 8.38. The number of alkyl halides is 6. The van der Waals surface area contributed by atoms with E-state index in [0.29, 0.717) is 29.6 Å². The molecule has 1 heterocycles. The van der Waals surface area contributed by atoms with E-state index in [1.165, 1.54) is 24.2 Å². The van der Waals surface area contributed by atoms with E-state index in [0.717, 1.165) is 49.7 Å². The molecule has 1 saturated carbocycles. The first kappa shape index (κ1) is 36.6. The molecular formula is C32H37ClF6N4O3S. The molecule has 15 heteroatoms. The summed E-state index contributed by atoms with van der Waals surface area (Å²) in [5.74, 6) is 0.396. The lowest BCUT2D eigenvalue weighted by Gasteiger charge is -2.34. The Morgan fingerprint density at radius 3 is 2.11 bits per heavy atom. The molecule has 2 aromatic carbocycles. The highest BCUT2D eigenvalue weighted by atomic mass is 35.5. The molecule has 0 radical (unpaired) electrons. The minimum atomic E-state index is -5.02. The van der Waals surface area contributed by atoms with Crippen LogP contribution in [0.4, 0.5) is 38.0 Å². The second-order valence-corrected chi connectivity index (χ2v) is 14.5. The zero-order valence-corrected chi connectivity index (χ0v) is 27.8. The van der Waals surface area contributed by atoms with Gasteiger partial charge in [-0.2, -0.15) is 26.3 Å². The number of nitrogens with zero attached hydrogens (tertiary/aromatic N) is 4. The lowest BCUT2D eigenvalue weighted by molar-refractivity contribution is -0.143. The Bertz CT molecular complexity index is 1580. The highest BCUT2D eigenvalue weighted by Crippen LogP contribution is 2.40. The van der Waals surface area contributed by atoms with Crippen LogP contribution in [0.5, 0.6) is 5.75 Å². The zero-order valence-electron chi connectivity index (χ0n) is 26.2. The molecule has 1 unspecified atom stereocenters. The number of halogens is 7. The van der Waals surface area contributed by atoms with Crippen LogP contribution in [-0.2, 0) is 28.7 Å². The molecule has 0 spiro atoms. The molecule has 1 aliphatic rings. The molecule has 1 atom stereocenters. The third-order valence-electron chi connectivity index (χ3n) is 8.22. The van der Waals surface area contributed by atoms with Crippen molar-refractivity contribution in [3.05, 3.63) is 76.1 Å². The van der Waals surface area contributed by atoms with Gasteiger partial charge in [-0.15, -0.1) is 0 Å². The summed E-state index contributed by atoms with van der Waals surface area (Å²) in [6.45, 7) is 4.78. The van der Waals surface area contributed by atoms with E-state index in [1.54, 1.807) is 12.1 Å². The van der Waals surface area contributed by atoms with Crippen LogP contribution in [0.3, 0.4) is 0 Å². The number of ether oxygens (including phenoxy) is 1. The van der Waals surface area contributed by atoms with Crippen LogP contribution < -0.4 is 14.5 Å². The van der Waals surface area contributed by atoms with Gasteiger partial charge >= 0.3 is 12.4 Å². The summed E-state index contributed by atoms with van der Waals surface area (Å²) in [7, 11) is -3.29. The number of benzene rings is 2. The zero-order chi connectivity index (χ0) is 34.6. The molecule has 1 fully saturated rings. The Hall–Kier alpha value is -3.26. The van der Waals surface area contributed by atoms with Crippen LogP contribution in [0.15, 0.2) is 48.8 Å². The summed E-state index contributed by atoms with van der Waals surface area (Å²) in [4.78, 5) is 12.4. The van der Waals surface area contributed by atoms with Crippen molar-refractivity contribution in [3.8, 4) is 5.75 Å². The summed E-state index contributed by atoms with van der Waals surface area (Å²) in [5, 5.41) is 0.479. The largest absolute Gasteiger partial charge is 0.489 e. The summed E-state index contributed by atoms with van der Waals surface area (Å²) < 4.78 is 111. The fourth-order valence-electron chi connectivity index (χ4n) is 5.68. The van der Waals surface area contributed by atoms with Gasteiger partial charge in [-0.1, -0.05) is 30.5 Å². The summed E-state index contributed by atoms with van der Waals surface area (Å²) in [6.07, 6.45) is -1.93. The number of sulfone groups is 1. The number of hydrogen-bond acceptors (Lipinski definition) is 7. The molecule has 4 rings (SSSR count). The standard InChI is InChI=1S/C32H37ClF6N4O3S/c1-4-42(19-22-7-5-6-8-22)29-16-27(33)10-9-23(29)20-43(30-40-17-28(18-41-30)46-11-12-47(3,44)45)21(2)24-13-25(31(34,35)36)15-26(14-24)32(37,38)39/h9-10,13-18,21-22H,4-8,11-12,19-20H2,1-3H3. The minimum Gasteiger partial charge on any atom is -0.489 e. The highest BCUT2D eigenvalue weighted by molar-refractivity contribution is 7.90. The number of rotatable bonds is 13. The average Bonchev–Trinajstić information content (AvgIpc) is 3.51. The van der Waals surface area contributed by atoms with Gasteiger partial charge in [0.25, 0.3) is 0 Å². The summed E-state index contributed by atoms with van der Waals surface area (Å²) in [6, 6.07) is 5.71. The molecular weight excluding hydrogens is 670 g/mol. The van der Waals surface area contributed by atoms with E-state index in [9.17, 15) is 34.8 Å². The van der Waals surface area contributed by atoms with Crippen molar-refractivity contribution in [3.63, 3.8) is 0 Å². The first-order valence-corrected chi connectivity index (χ1v) is 17.6. The van der Waals surface area contributed by atoms with Gasteiger partial charge in [-0.25, -0.2) is 18.4 Å². The molecule has 0 amide bonds. The molecule has 1 aliphatic carbocycles. The van der Waals surface area contributed by atoms with Gasteiger partial charge in [0.2, 0.25) is 5.95 Å². The maximum atomic E-state index is 13.8. The van der Waals surface area contributed by atoms with Gasteiger partial charge in [-0.3, -0.25) is 0 Å². The van der Waals surface area contributed by atoms with Crippen molar-refractivity contribution in [2.24, 2.45) is 5.92 Å². The van der Waals surface area contributed by atoms with Gasteiger partial charge in [0.1, 0.15) is 6.61 Å². The van der Waals surface area contributed by atoms with Crippen LogP contribution >= 0.6 is 11.6 Å². The van der Waals surface area contributed by atoms with Gasteiger partial charge in [0.05, 0.1) is 35.3 Å². The molecule has 0 saturated heterocycles. The Labute approximate surface area is 275 Å². The van der Waals surface area contributed by atoms with Crippen LogP contribution in [0.2, 0.25) is 5.02 Å². The number of aromatic nitrogens is 2. The van der Waals surface area contributed by atoms with Gasteiger partial charge < -0.3 is 14.5 Å². The van der Waals surface area contributed by atoms with E-state index in [-0.39, 0.29) is 42.2 Å². The number of anilines is 2. The Balaban J connectivity index is 1.77. The first-order chi connectivity index (χ1) is 21.9. The second-order valence-electron chi connectivity index (χ2n) is 11.8. The third-order valence-corrected chi connectivity index (χ3v) is 9.36. The SMILES string of the molecule is CCN(CC1CCCC1)c1cc(Cl)ccc1CN(c1ncc(OCCS(C)(=O)=O)cn1)C(C)c1cc(C(F)(F)F)cc(C(F)(F)F)c1. The summed E-state index contributed by atoms with van der Waals surface area (Å²) in [5.41, 5.74) is -1.57. The Morgan fingerprint density at radius 1 is 0.979 bits per heavy atom. The fraction of sp³-hybridized carbons (Fsp3) is 0.500.